The molecule has 0 radical (unpaired) electrons. The molecule has 0 spiro atoms. The average molecular weight is 245 g/mol. The number of hydrogen-bond donors (Lipinski definition) is 2. The van der Waals surface area contributed by atoms with Gasteiger partial charge in [0.05, 0.1) is 5.75 Å². The first-order chi connectivity index (χ1) is 7.49. The van der Waals surface area contributed by atoms with Crippen LogP contribution in [0.5, 0.6) is 0 Å². The van der Waals surface area contributed by atoms with E-state index in [1.807, 2.05) is 0 Å². The average Bonchev–Trinajstić information content (AvgIpc) is 2.17. The number of hydrogen-bond acceptors (Lipinski definition) is 5. The number of carbonyl (C=O) groups is 1. The van der Waals surface area contributed by atoms with Crippen molar-refractivity contribution in [2.45, 2.75) is 12.8 Å². The monoisotopic (exact) mass is 245 g/mol. The highest BCUT2D eigenvalue weighted by atomic mass is 32.2. The number of nitrogens with zero attached hydrogens (tertiary/aromatic N) is 2. The summed E-state index contributed by atoms with van der Waals surface area (Å²) in [5.74, 6) is -1.30. The van der Waals surface area contributed by atoms with Crippen molar-refractivity contribution in [3.8, 4) is 0 Å². The van der Waals surface area contributed by atoms with Gasteiger partial charge in [0.25, 0.3) is 0 Å². The summed E-state index contributed by atoms with van der Waals surface area (Å²) < 4.78 is 24.9. The van der Waals surface area contributed by atoms with Crippen molar-refractivity contribution >= 4 is 21.9 Å². The van der Waals surface area contributed by atoms with Crippen LogP contribution in [-0.4, -0.2) is 35.2 Å². The molecule has 16 heavy (non-hydrogen) atoms. The lowest BCUT2D eigenvalue weighted by Gasteiger charge is -2.04. The lowest BCUT2D eigenvalue weighted by atomic mass is 10.3. The van der Waals surface area contributed by atoms with E-state index < -0.39 is 16.0 Å². The van der Waals surface area contributed by atoms with Gasteiger partial charge in [-0.2, -0.15) is 0 Å². The molecule has 0 atom stereocenters. The molecular formula is C8H11N3O4S. The predicted octanol–water partition coefficient (Wildman–Crippen LogP) is 0.0831. The fraction of sp³-hybridized carbons (Fsp3) is 0.375. The maximum absolute atomic E-state index is 11.4. The summed E-state index contributed by atoms with van der Waals surface area (Å²) >= 11 is 0. The van der Waals surface area contributed by atoms with E-state index in [0.29, 0.717) is 0 Å². The first kappa shape index (κ1) is 12.4. The van der Waals surface area contributed by atoms with Crippen LogP contribution >= 0.6 is 0 Å². The number of carboxylic acid groups (broad SMARTS) is 1. The van der Waals surface area contributed by atoms with Crippen molar-refractivity contribution in [1.82, 2.24) is 9.97 Å². The van der Waals surface area contributed by atoms with Gasteiger partial charge in [-0.05, 0) is 12.5 Å². The molecule has 0 aliphatic heterocycles. The van der Waals surface area contributed by atoms with Gasteiger partial charge < -0.3 is 5.11 Å². The van der Waals surface area contributed by atoms with Gasteiger partial charge >= 0.3 is 5.97 Å². The van der Waals surface area contributed by atoms with Gasteiger partial charge in [-0.3, -0.25) is 9.52 Å². The third-order valence-corrected chi connectivity index (χ3v) is 2.94. The molecule has 0 fully saturated rings. The van der Waals surface area contributed by atoms with Gasteiger partial charge in [-0.25, -0.2) is 18.4 Å². The number of nitrogens with one attached hydrogen (secondary N) is 1. The molecule has 88 valence electrons. The van der Waals surface area contributed by atoms with Crippen molar-refractivity contribution in [3.63, 3.8) is 0 Å². The Balaban J connectivity index is 2.49. The second-order valence-electron chi connectivity index (χ2n) is 2.99. The number of carboxylic acids is 1. The summed E-state index contributed by atoms with van der Waals surface area (Å²) in [6, 6.07) is 1.56. The third-order valence-electron chi connectivity index (χ3n) is 1.62. The van der Waals surface area contributed by atoms with E-state index in [1.165, 1.54) is 12.4 Å². The minimum atomic E-state index is -3.57. The van der Waals surface area contributed by atoms with E-state index in [2.05, 4.69) is 14.7 Å². The molecule has 0 aliphatic carbocycles. The molecule has 0 amide bonds. The lowest BCUT2D eigenvalue weighted by molar-refractivity contribution is -0.137. The third kappa shape index (κ3) is 4.69. The molecular weight excluding hydrogens is 234 g/mol. The Labute approximate surface area is 92.6 Å². The SMILES string of the molecule is O=C(O)CCCS(=O)(=O)Nc1ncccn1. The summed E-state index contributed by atoms with van der Waals surface area (Å²) in [6.07, 6.45) is 2.68. The number of aliphatic carboxylic acids is 1. The number of aromatic nitrogens is 2. The minimum Gasteiger partial charge on any atom is -0.481 e. The maximum Gasteiger partial charge on any atom is 0.303 e. The summed E-state index contributed by atoms with van der Waals surface area (Å²) in [5.41, 5.74) is 0. The van der Waals surface area contributed by atoms with Crippen LogP contribution in [0.4, 0.5) is 5.95 Å². The van der Waals surface area contributed by atoms with Crippen LogP contribution in [0.25, 0.3) is 0 Å². The van der Waals surface area contributed by atoms with Crippen molar-refractivity contribution < 1.29 is 18.3 Å². The molecule has 1 heterocycles. The van der Waals surface area contributed by atoms with Crippen molar-refractivity contribution in [2.24, 2.45) is 0 Å². The van der Waals surface area contributed by atoms with Gasteiger partial charge in [0, 0.05) is 18.8 Å². The van der Waals surface area contributed by atoms with E-state index >= 15 is 0 Å². The van der Waals surface area contributed by atoms with Crippen LogP contribution in [0.2, 0.25) is 0 Å². The minimum absolute atomic E-state index is 0.0159. The first-order valence-corrected chi connectivity index (χ1v) is 6.14. The standard InChI is InChI=1S/C8H11N3O4S/c12-7(13)3-1-6-16(14,15)11-8-9-4-2-5-10-8/h2,4-5H,1,3,6H2,(H,12,13)(H,9,10,11). The van der Waals surface area contributed by atoms with Crippen LogP contribution < -0.4 is 4.72 Å². The van der Waals surface area contributed by atoms with Crippen LogP contribution in [0.1, 0.15) is 12.8 Å². The molecule has 0 bridgehead atoms. The Morgan fingerprint density at radius 1 is 1.38 bits per heavy atom. The molecule has 0 saturated carbocycles. The Bertz CT molecular complexity index is 446. The fourth-order valence-corrected chi connectivity index (χ4v) is 1.97. The molecule has 0 aliphatic rings. The van der Waals surface area contributed by atoms with Crippen molar-refractivity contribution in [1.29, 1.82) is 0 Å². The zero-order valence-electron chi connectivity index (χ0n) is 8.33. The predicted molar refractivity (Wildman–Crippen MR) is 56.3 cm³/mol. The highest BCUT2D eigenvalue weighted by Crippen LogP contribution is 2.02. The highest BCUT2D eigenvalue weighted by molar-refractivity contribution is 7.92. The molecule has 1 aromatic heterocycles. The molecule has 0 saturated heterocycles. The molecule has 1 aromatic rings. The lowest BCUT2D eigenvalue weighted by Crippen LogP contribution is -2.18. The Morgan fingerprint density at radius 3 is 2.56 bits per heavy atom. The van der Waals surface area contributed by atoms with Gasteiger partial charge in [-0.1, -0.05) is 0 Å². The van der Waals surface area contributed by atoms with Crippen LogP contribution in [0.3, 0.4) is 0 Å². The number of rotatable bonds is 6. The second kappa shape index (κ2) is 5.40. The fourth-order valence-electron chi connectivity index (χ4n) is 0.955. The Kier molecular flexibility index (Phi) is 4.18. The quantitative estimate of drug-likeness (QED) is 0.734. The zero-order chi connectivity index (χ0) is 12.0. The van der Waals surface area contributed by atoms with E-state index in [1.54, 1.807) is 6.07 Å². The topological polar surface area (TPSA) is 109 Å². The molecule has 0 aromatic carbocycles. The van der Waals surface area contributed by atoms with E-state index in [9.17, 15) is 13.2 Å². The number of anilines is 1. The van der Waals surface area contributed by atoms with E-state index in [0.717, 1.165) is 0 Å². The Morgan fingerprint density at radius 2 is 2.00 bits per heavy atom. The molecule has 1 rings (SSSR count). The van der Waals surface area contributed by atoms with E-state index in [4.69, 9.17) is 5.11 Å². The maximum atomic E-state index is 11.4. The van der Waals surface area contributed by atoms with Gasteiger partial charge in [-0.15, -0.1) is 0 Å². The molecule has 2 N–H and O–H groups in total. The van der Waals surface area contributed by atoms with Crippen LogP contribution in [0, 0.1) is 0 Å². The zero-order valence-corrected chi connectivity index (χ0v) is 9.14. The van der Waals surface area contributed by atoms with E-state index in [-0.39, 0.29) is 24.5 Å². The summed E-state index contributed by atoms with van der Waals surface area (Å²) in [4.78, 5) is 17.6. The molecule has 0 unspecified atom stereocenters. The summed E-state index contributed by atoms with van der Waals surface area (Å²) in [6.45, 7) is 0. The van der Waals surface area contributed by atoms with Crippen molar-refractivity contribution in [3.05, 3.63) is 18.5 Å². The van der Waals surface area contributed by atoms with Gasteiger partial charge in [0.1, 0.15) is 0 Å². The normalized spacial score (nSPS) is 11.0. The molecule has 7 nitrogen and oxygen atoms in total. The largest absolute Gasteiger partial charge is 0.481 e. The second-order valence-corrected chi connectivity index (χ2v) is 4.83. The Hall–Kier alpha value is -1.70. The first-order valence-electron chi connectivity index (χ1n) is 4.49. The summed E-state index contributed by atoms with van der Waals surface area (Å²) in [5, 5.41) is 8.36. The van der Waals surface area contributed by atoms with Crippen LogP contribution in [0.15, 0.2) is 18.5 Å². The summed E-state index contributed by atoms with van der Waals surface area (Å²) in [7, 11) is -3.57. The van der Waals surface area contributed by atoms with Gasteiger partial charge in [0.15, 0.2) is 0 Å². The molecule has 8 heteroatoms. The van der Waals surface area contributed by atoms with Crippen molar-refractivity contribution in [2.75, 3.05) is 10.5 Å². The smallest absolute Gasteiger partial charge is 0.303 e. The van der Waals surface area contributed by atoms with Gasteiger partial charge in [0.2, 0.25) is 16.0 Å². The highest BCUT2D eigenvalue weighted by Gasteiger charge is 2.12. The van der Waals surface area contributed by atoms with Crippen LogP contribution in [-0.2, 0) is 14.8 Å². The number of sulfonamides is 1.